The van der Waals surface area contributed by atoms with Crippen LogP contribution in [0.5, 0.6) is 0 Å². The summed E-state index contributed by atoms with van der Waals surface area (Å²) in [6, 6.07) is 2.05. The van der Waals surface area contributed by atoms with Crippen molar-refractivity contribution in [1.82, 2.24) is 10.3 Å². The Balaban J connectivity index is 2.00. The number of anilines is 1. The third-order valence-corrected chi connectivity index (χ3v) is 3.19. The van der Waals surface area contributed by atoms with Crippen molar-refractivity contribution in [3.8, 4) is 0 Å². The molecule has 0 bridgehead atoms. The lowest BCUT2D eigenvalue weighted by molar-refractivity contribution is 0.0696. The highest BCUT2D eigenvalue weighted by Crippen LogP contribution is 2.15. The first-order valence-corrected chi connectivity index (χ1v) is 6.87. The SMILES string of the molecule is CCCNc1ccncc1C(=O)NC1CCOCC1. The van der Waals surface area contributed by atoms with E-state index in [4.69, 9.17) is 4.74 Å². The third kappa shape index (κ3) is 3.92. The lowest BCUT2D eigenvalue weighted by atomic mass is 10.1. The summed E-state index contributed by atoms with van der Waals surface area (Å²) in [5.41, 5.74) is 1.46. The maximum atomic E-state index is 12.3. The number of nitrogens with zero attached hydrogens (tertiary/aromatic N) is 1. The zero-order valence-electron chi connectivity index (χ0n) is 11.3. The zero-order chi connectivity index (χ0) is 13.5. The van der Waals surface area contributed by atoms with Gasteiger partial charge < -0.3 is 15.4 Å². The van der Waals surface area contributed by atoms with Crippen molar-refractivity contribution in [3.63, 3.8) is 0 Å². The van der Waals surface area contributed by atoms with Crippen LogP contribution in [0.25, 0.3) is 0 Å². The fourth-order valence-electron chi connectivity index (χ4n) is 2.09. The molecule has 1 aliphatic rings. The predicted molar refractivity (Wildman–Crippen MR) is 74.3 cm³/mol. The number of carbonyl (C=O) groups excluding carboxylic acids is 1. The highest BCUT2D eigenvalue weighted by molar-refractivity contribution is 5.99. The Morgan fingerprint density at radius 1 is 1.47 bits per heavy atom. The quantitative estimate of drug-likeness (QED) is 0.850. The number of hydrogen-bond donors (Lipinski definition) is 2. The highest BCUT2D eigenvalue weighted by atomic mass is 16.5. The molecule has 1 amide bonds. The van der Waals surface area contributed by atoms with Crippen molar-refractivity contribution < 1.29 is 9.53 Å². The summed E-state index contributed by atoms with van der Waals surface area (Å²) >= 11 is 0. The molecule has 0 aliphatic carbocycles. The van der Waals surface area contributed by atoms with Gasteiger partial charge in [0.2, 0.25) is 0 Å². The minimum atomic E-state index is -0.0568. The molecular formula is C14H21N3O2. The van der Waals surface area contributed by atoms with Crippen LogP contribution < -0.4 is 10.6 Å². The topological polar surface area (TPSA) is 63.2 Å². The van der Waals surface area contributed by atoms with Gasteiger partial charge in [0.1, 0.15) is 0 Å². The number of carbonyl (C=O) groups is 1. The Bertz CT molecular complexity index is 417. The molecular weight excluding hydrogens is 242 g/mol. The standard InChI is InChI=1S/C14H21N3O2/c1-2-6-16-13-3-7-15-10-12(13)14(18)17-11-4-8-19-9-5-11/h3,7,10-11H,2,4-6,8-9H2,1H3,(H,15,16)(H,17,18). The second kappa shape index (κ2) is 7.09. The molecule has 1 saturated heterocycles. The molecule has 5 nitrogen and oxygen atoms in total. The zero-order valence-corrected chi connectivity index (χ0v) is 11.3. The number of hydrogen-bond acceptors (Lipinski definition) is 4. The molecule has 0 spiro atoms. The van der Waals surface area contributed by atoms with Gasteiger partial charge in [0.05, 0.1) is 11.3 Å². The molecule has 19 heavy (non-hydrogen) atoms. The van der Waals surface area contributed by atoms with Gasteiger partial charge in [-0.15, -0.1) is 0 Å². The molecule has 2 heterocycles. The number of pyridine rings is 1. The van der Waals surface area contributed by atoms with Gasteiger partial charge in [-0.25, -0.2) is 0 Å². The van der Waals surface area contributed by atoms with Crippen LogP contribution in [0.4, 0.5) is 5.69 Å². The van der Waals surface area contributed by atoms with E-state index in [1.807, 2.05) is 6.07 Å². The minimum Gasteiger partial charge on any atom is -0.384 e. The largest absolute Gasteiger partial charge is 0.384 e. The van der Waals surface area contributed by atoms with Crippen LogP contribution in [-0.2, 0) is 4.74 Å². The molecule has 2 rings (SSSR count). The molecule has 1 aromatic heterocycles. The molecule has 1 aliphatic heterocycles. The van der Waals surface area contributed by atoms with Gasteiger partial charge in [-0.05, 0) is 25.3 Å². The second-order valence-corrected chi connectivity index (χ2v) is 4.71. The molecule has 0 aromatic carbocycles. The maximum absolute atomic E-state index is 12.3. The summed E-state index contributed by atoms with van der Waals surface area (Å²) in [7, 11) is 0. The normalized spacial score (nSPS) is 16.1. The number of amides is 1. The molecule has 0 atom stereocenters. The van der Waals surface area contributed by atoms with Crippen molar-refractivity contribution in [3.05, 3.63) is 24.0 Å². The summed E-state index contributed by atoms with van der Waals surface area (Å²) in [4.78, 5) is 16.3. The number of nitrogens with one attached hydrogen (secondary N) is 2. The predicted octanol–water partition coefficient (Wildman–Crippen LogP) is 1.81. The van der Waals surface area contributed by atoms with Crippen LogP contribution in [0.1, 0.15) is 36.5 Å². The van der Waals surface area contributed by atoms with E-state index < -0.39 is 0 Å². The van der Waals surface area contributed by atoms with E-state index in [0.717, 1.165) is 44.7 Å². The molecule has 1 fully saturated rings. The second-order valence-electron chi connectivity index (χ2n) is 4.71. The molecule has 0 unspecified atom stereocenters. The Hall–Kier alpha value is -1.62. The van der Waals surface area contributed by atoms with Gasteiger partial charge in [-0.2, -0.15) is 0 Å². The van der Waals surface area contributed by atoms with Crippen molar-refractivity contribution in [2.24, 2.45) is 0 Å². The highest BCUT2D eigenvalue weighted by Gasteiger charge is 2.18. The first-order chi connectivity index (χ1) is 9.31. The van der Waals surface area contributed by atoms with Gasteiger partial charge in [0.15, 0.2) is 0 Å². The van der Waals surface area contributed by atoms with Crippen molar-refractivity contribution >= 4 is 11.6 Å². The smallest absolute Gasteiger partial charge is 0.255 e. The lowest BCUT2D eigenvalue weighted by Gasteiger charge is -2.23. The Kier molecular flexibility index (Phi) is 5.15. The van der Waals surface area contributed by atoms with E-state index in [-0.39, 0.29) is 11.9 Å². The average Bonchev–Trinajstić information content (AvgIpc) is 2.46. The van der Waals surface area contributed by atoms with Crippen LogP contribution in [0.3, 0.4) is 0 Å². The maximum Gasteiger partial charge on any atom is 0.255 e. The van der Waals surface area contributed by atoms with Gasteiger partial charge >= 0.3 is 0 Å². The number of aromatic nitrogens is 1. The van der Waals surface area contributed by atoms with Crippen LogP contribution in [0, 0.1) is 0 Å². The summed E-state index contributed by atoms with van der Waals surface area (Å²) < 4.78 is 5.29. The average molecular weight is 263 g/mol. The minimum absolute atomic E-state index is 0.0568. The summed E-state index contributed by atoms with van der Waals surface area (Å²) in [5.74, 6) is -0.0568. The van der Waals surface area contributed by atoms with E-state index in [1.54, 1.807) is 12.4 Å². The summed E-state index contributed by atoms with van der Waals surface area (Å²) in [6.45, 7) is 4.38. The summed E-state index contributed by atoms with van der Waals surface area (Å²) in [5, 5.41) is 6.31. The molecule has 104 valence electrons. The van der Waals surface area contributed by atoms with Gasteiger partial charge in [-0.1, -0.05) is 6.92 Å². The van der Waals surface area contributed by atoms with Crippen LogP contribution >= 0.6 is 0 Å². The molecule has 5 heteroatoms. The lowest BCUT2D eigenvalue weighted by Crippen LogP contribution is -2.39. The molecule has 0 saturated carbocycles. The van der Waals surface area contributed by atoms with E-state index in [9.17, 15) is 4.79 Å². The molecule has 2 N–H and O–H groups in total. The van der Waals surface area contributed by atoms with Crippen molar-refractivity contribution in [2.45, 2.75) is 32.2 Å². The van der Waals surface area contributed by atoms with Gasteiger partial charge in [0.25, 0.3) is 5.91 Å². The van der Waals surface area contributed by atoms with Crippen LogP contribution in [-0.4, -0.2) is 36.7 Å². The summed E-state index contributed by atoms with van der Waals surface area (Å²) in [6.07, 6.45) is 6.09. The van der Waals surface area contributed by atoms with Crippen LogP contribution in [0.2, 0.25) is 0 Å². The van der Waals surface area contributed by atoms with E-state index in [2.05, 4.69) is 22.5 Å². The van der Waals surface area contributed by atoms with E-state index in [1.165, 1.54) is 0 Å². The number of ether oxygens (including phenoxy) is 1. The van der Waals surface area contributed by atoms with Gasteiger partial charge in [-0.3, -0.25) is 9.78 Å². The third-order valence-electron chi connectivity index (χ3n) is 3.19. The Morgan fingerprint density at radius 3 is 3.00 bits per heavy atom. The fraction of sp³-hybridized carbons (Fsp3) is 0.571. The fourth-order valence-corrected chi connectivity index (χ4v) is 2.09. The van der Waals surface area contributed by atoms with Crippen LogP contribution in [0.15, 0.2) is 18.5 Å². The Morgan fingerprint density at radius 2 is 2.26 bits per heavy atom. The first kappa shape index (κ1) is 13.8. The molecule has 0 radical (unpaired) electrons. The van der Waals surface area contributed by atoms with E-state index >= 15 is 0 Å². The molecule has 1 aromatic rings. The van der Waals surface area contributed by atoms with Crippen molar-refractivity contribution in [1.29, 1.82) is 0 Å². The number of rotatable bonds is 5. The van der Waals surface area contributed by atoms with E-state index in [0.29, 0.717) is 5.56 Å². The van der Waals surface area contributed by atoms with Gasteiger partial charge in [0, 0.05) is 38.2 Å². The van der Waals surface area contributed by atoms with Crippen molar-refractivity contribution in [2.75, 3.05) is 25.1 Å². The Labute approximate surface area is 113 Å². The monoisotopic (exact) mass is 263 g/mol. The first-order valence-electron chi connectivity index (χ1n) is 6.87.